The van der Waals surface area contributed by atoms with Gasteiger partial charge in [0.05, 0.1) is 0 Å². The molecule has 0 fully saturated rings. The van der Waals surface area contributed by atoms with Gasteiger partial charge in [-0.3, -0.25) is 0 Å². The van der Waals surface area contributed by atoms with E-state index in [1.807, 2.05) is 20.2 Å². The smallest absolute Gasteiger partial charge is 0.199 e. The zero-order valence-corrected chi connectivity index (χ0v) is 7.39. The van der Waals surface area contributed by atoms with E-state index in [1.165, 1.54) is 11.3 Å². The van der Waals surface area contributed by atoms with Crippen LogP contribution in [-0.2, 0) is 0 Å². The van der Waals surface area contributed by atoms with Gasteiger partial charge in [-0.1, -0.05) is 6.58 Å². The molecule has 0 aromatic rings. The molecule has 1 heteroatoms. The van der Waals surface area contributed by atoms with Gasteiger partial charge in [-0.2, -0.15) is 0 Å². The number of hydrogen-bond acceptors (Lipinski definition) is 0. The van der Waals surface area contributed by atoms with Gasteiger partial charge in [0.15, 0.2) is 5.71 Å². The molecule has 1 aliphatic rings. The quantitative estimate of drug-likeness (QED) is 0.461. The Balaban J connectivity index is 3.04. The first-order valence-electron chi connectivity index (χ1n) is 3.71. The van der Waals surface area contributed by atoms with E-state index in [0.717, 1.165) is 5.57 Å². The molecule has 0 saturated heterocycles. The van der Waals surface area contributed by atoms with E-state index in [2.05, 4.69) is 30.2 Å². The van der Waals surface area contributed by atoms with Crippen molar-refractivity contribution in [2.24, 2.45) is 0 Å². The van der Waals surface area contributed by atoms with Crippen molar-refractivity contribution in [2.75, 3.05) is 14.1 Å². The lowest BCUT2D eigenvalue weighted by Gasteiger charge is -2.04. The molecule has 1 rings (SSSR count). The lowest BCUT2D eigenvalue weighted by molar-refractivity contribution is -0.462. The molecule has 11 heavy (non-hydrogen) atoms. The summed E-state index contributed by atoms with van der Waals surface area (Å²) >= 11 is 0. The Morgan fingerprint density at radius 1 is 1.27 bits per heavy atom. The third-order valence-electron chi connectivity index (χ3n) is 1.84. The van der Waals surface area contributed by atoms with Gasteiger partial charge in [0.2, 0.25) is 0 Å². The van der Waals surface area contributed by atoms with E-state index in [1.54, 1.807) is 0 Å². The fourth-order valence-electron chi connectivity index (χ4n) is 0.958. The summed E-state index contributed by atoms with van der Waals surface area (Å²) < 4.78 is 2.09. The summed E-state index contributed by atoms with van der Waals surface area (Å²) in [5.41, 5.74) is 3.58. The molecule has 0 radical (unpaired) electrons. The van der Waals surface area contributed by atoms with E-state index in [9.17, 15) is 0 Å². The molecule has 0 N–H and O–H groups in total. The van der Waals surface area contributed by atoms with E-state index in [4.69, 9.17) is 0 Å². The SMILES string of the molecule is C=C1C=CC(=[N+](C)C)C=C1C. The van der Waals surface area contributed by atoms with Gasteiger partial charge in [-0.05, 0) is 24.1 Å². The fourth-order valence-corrected chi connectivity index (χ4v) is 0.958. The standard InChI is InChI=1S/C10H14N/c1-8-5-6-10(11(3)4)7-9(8)2/h5-7H,1H2,2-4H3/q+1. The van der Waals surface area contributed by atoms with Crippen LogP contribution in [-0.4, -0.2) is 24.4 Å². The van der Waals surface area contributed by atoms with Crippen LogP contribution in [0.2, 0.25) is 0 Å². The number of nitrogens with zero attached hydrogens (tertiary/aromatic N) is 1. The molecule has 0 saturated carbocycles. The van der Waals surface area contributed by atoms with Crippen LogP contribution in [0.15, 0.2) is 36.0 Å². The van der Waals surface area contributed by atoms with Gasteiger partial charge in [0, 0.05) is 12.2 Å². The van der Waals surface area contributed by atoms with Gasteiger partial charge < -0.3 is 0 Å². The average Bonchev–Trinajstić information content (AvgIpc) is 1.94. The molecule has 0 atom stereocenters. The predicted molar refractivity (Wildman–Crippen MR) is 49.2 cm³/mol. The third kappa shape index (κ3) is 1.67. The molecule has 0 unspecified atom stereocenters. The van der Waals surface area contributed by atoms with Crippen molar-refractivity contribution in [2.45, 2.75) is 6.92 Å². The number of allylic oxidation sites excluding steroid dienone is 5. The summed E-state index contributed by atoms with van der Waals surface area (Å²) in [4.78, 5) is 0. The Kier molecular flexibility index (Phi) is 2.08. The Labute approximate surface area is 68.1 Å². The maximum Gasteiger partial charge on any atom is 0.199 e. The van der Waals surface area contributed by atoms with Crippen molar-refractivity contribution in [1.29, 1.82) is 0 Å². The molecule has 0 spiro atoms. The molecule has 58 valence electrons. The Morgan fingerprint density at radius 3 is 2.36 bits per heavy atom. The van der Waals surface area contributed by atoms with Crippen molar-refractivity contribution < 1.29 is 4.58 Å². The molecule has 1 aliphatic carbocycles. The minimum absolute atomic E-state index is 1.11. The third-order valence-corrected chi connectivity index (χ3v) is 1.84. The second-order valence-electron chi connectivity index (χ2n) is 3.01. The predicted octanol–water partition coefficient (Wildman–Crippen LogP) is 1.77. The van der Waals surface area contributed by atoms with E-state index in [0.29, 0.717) is 0 Å². The number of rotatable bonds is 0. The first kappa shape index (κ1) is 7.99. The van der Waals surface area contributed by atoms with Crippen LogP contribution in [0.25, 0.3) is 0 Å². The van der Waals surface area contributed by atoms with Crippen LogP contribution in [0, 0.1) is 0 Å². The summed E-state index contributed by atoms with van der Waals surface area (Å²) in [7, 11) is 4.08. The van der Waals surface area contributed by atoms with Crippen LogP contribution in [0.5, 0.6) is 0 Å². The molecule has 0 aromatic heterocycles. The molecular formula is C10H14N+. The van der Waals surface area contributed by atoms with Crippen LogP contribution >= 0.6 is 0 Å². The molecule has 0 bridgehead atoms. The Bertz CT molecular complexity index is 273. The van der Waals surface area contributed by atoms with E-state index >= 15 is 0 Å². The van der Waals surface area contributed by atoms with Crippen molar-refractivity contribution >= 4 is 5.71 Å². The van der Waals surface area contributed by atoms with Gasteiger partial charge >= 0.3 is 0 Å². The molecular weight excluding hydrogens is 134 g/mol. The summed E-state index contributed by atoms with van der Waals surface area (Å²) in [5, 5.41) is 0. The molecule has 0 aliphatic heterocycles. The van der Waals surface area contributed by atoms with Gasteiger partial charge in [0.25, 0.3) is 0 Å². The first-order valence-corrected chi connectivity index (χ1v) is 3.71. The lowest BCUT2D eigenvalue weighted by atomic mass is 10.0. The van der Waals surface area contributed by atoms with Gasteiger partial charge in [-0.25, -0.2) is 4.58 Å². The maximum atomic E-state index is 3.90. The fraction of sp³-hybridized carbons (Fsp3) is 0.300. The monoisotopic (exact) mass is 148 g/mol. The summed E-state index contributed by atoms with van der Waals surface area (Å²) in [6, 6.07) is 0. The van der Waals surface area contributed by atoms with E-state index in [-0.39, 0.29) is 0 Å². The largest absolute Gasteiger partial charge is 0.235 e. The Hall–Kier alpha value is -1.11. The highest BCUT2D eigenvalue weighted by molar-refractivity contribution is 6.03. The highest BCUT2D eigenvalue weighted by atomic mass is 14.9. The number of hydrogen-bond donors (Lipinski definition) is 0. The van der Waals surface area contributed by atoms with Crippen molar-refractivity contribution in [3.05, 3.63) is 36.0 Å². The van der Waals surface area contributed by atoms with E-state index < -0.39 is 0 Å². The highest BCUT2D eigenvalue weighted by Crippen LogP contribution is 2.12. The van der Waals surface area contributed by atoms with Crippen molar-refractivity contribution in [3.63, 3.8) is 0 Å². The first-order chi connectivity index (χ1) is 5.11. The van der Waals surface area contributed by atoms with Gasteiger partial charge in [0.1, 0.15) is 14.1 Å². The minimum atomic E-state index is 1.11. The zero-order valence-electron chi connectivity index (χ0n) is 7.39. The summed E-state index contributed by atoms with van der Waals surface area (Å²) in [6.07, 6.45) is 6.27. The summed E-state index contributed by atoms with van der Waals surface area (Å²) in [5.74, 6) is 0. The second kappa shape index (κ2) is 2.87. The molecule has 0 amide bonds. The molecule has 1 nitrogen and oxygen atoms in total. The molecule has 0 heterocycles. The van der Waals surface area contributed by atoms with Crippen LogP contribution in [0.1, 0.15) is 6.92 Å². The van der Waals surface area contributed by atoms with Crippen LogP contribution in [0.4, 0.5) is 0 Å². The lowest BCUT2D eigenvalue weighted by Crippen LogP contribution is -2.10. The van der Waals surface area contributed by atoms with Crippen molar-refractivity contribution in [3.8, 4) is 0 Å². The Morgan fingerprint density at radius 2 is 1.91 bits per heavy atom. The van der Waals surface area contributed by atoms with Crippen LogP contribution in [0.3, 0.4) is 0 Å². The van der Waals surface area contributed by atoms with Gasteiger partial charge in [-0.15, -0.1) is 0 Å². The summed E-state index contributed by atoms with van der Waals surface area (Å²) in [6.45, 7) is 5.98. The zero-order chi connectivity index (χ0) is 8.43. The van der Waals surface area contributed by atoms with Crippen LogP contribution < -0.4 is 0 Å². The second-order valence-corrected chi connectivity index (χ2v) is 3.01. The topological polar surface area (TPSA) is 3.01 Å². The van der Waals surface area contributed by atoms with Crippen molar-refractivity contribution in [1.82, 2.24) is 0 Å². The molecule has 0 aromatic carbocycles. The average molecular weight is 148 g/mol. The highest BCUT2D eigenvalue weighted by Gasteiger charge is 2.06. The normalized spacial score (nSPS) is 16.8. The maximum absolute atomic E-state index is 3.90. The minimum Gasteiger partial charge on any atom is -0.235 e.